The van der Waals surface area contributed by atoms with Crippen molar-refractivity contribution in [3.05, 3.63) is 36.2 Å². The van der Waals surface area contributed by atoms with Crippen molar-refractivity contribution in [1.82, 2.24) is 9.78 Å². The fraction of sp³-hybridized carbons (Fsp3) is 0.357. The average molecular weight is 297 g/mol. The highest BCUT2D eigenvalue weighted by Crippen LogP contribution is 2.31. The van der Waals surface area contributed by atoms with E-state index in [0.717, 1.165) is 12.2 Å². The quantitative estimate of drug-likeness (QED) is 0.853. The predicted octanol–water partition coefficient (Wildman–Crippen LogP) is 3.13. The van der Waals surface area contributed by atoms with E-state index in [0.29, 0.717) is 12.2 Å². The summed E-state index contributed by atoms with van der Waals surface area (Å²) in [4.78, 5) is 0. The lowest BCUT2D eigenvalue weighted by molar-refractivity contribution is -0.0511. The molecule has 114 valence electrons. The van der Waals surface area contributed by atoms with Gasteiger partial charge in [0.2, 0.25) is 0 Å². The van der Waals surface area contributed by atoms with E-state index in [2.05, 4.69) is 15.2 Å². The third-order valence-corrected chi connectivity index (χ3v) is 2.96. The van der Waals surface area contributed by atoms with Gasteiger partial charge in [-0.25, -0.2) is 0 Å². The first kappa shape index (κ1) is 15.1. The summed E-state index contributed by atoms with van der Waals surface area (Å²) in [5, 5.41) is 7.31. The van der Waals surface area contributed by atoms with Crippen molar-refractivity contribution < 1.29 is 18.3 Å². The summed E-state index contributed by atoms with van der Waals surface area (Å²) in [6, 6.07) is 6.70. The van der Waals surface area contributed by atoms with E-state index in [1.807, 2.05) is 17.7 Å². The fourth-order valence-corrected chi connectivity index (χ4v) is 1.96. The molecule has 0 spiro atoms. The third-order valence-electron chi connectivity index (χ3n) is 2.96. The van der Waals surface area contributed by atoms with E-state index in [-0.39, 0.29) is 11.5 Å². The van der Waals surface area contributed by atoms with E-state index < -0.39 is 6.61 Å². The van der Waals surface area contributed by atoms with Crippen LogP contribution in [0, 0.1) is 0 Å². The maximum atomic E-state index is 12.4. The molecule has 0 aliphatic heterocycles. The molecule has 1 heterocycles. The molecule has 1 N–H and O–H groups in total. The van der Waals surface area contributed by atoms with E-state index in [9.17, 15) is 8.78 Å². The lowest BCUT2D eigenvalue weighted by Crippen LogP contribution is -2.08. The summed E-state index contributed by atoms with van der Waals surface area (Å²) in [7, 11) is 1.40. The molecule has 0 saturated carbocycles. The minimum Gasteiger partial charge on any atom is -0.493 e. The van der Waals surface area contributed by atoms with Crippen LogP contribution in [-0.4, -0.2) is 23.5 Å². The molecule has 0 saturated heterocycles. The molecule has 1 aromatic heterocycles. The summed E-state index contributed by atoms with van der Waals surface area (Å²) < 4.78 is 36.0. The van der Waals surface area contributed by atoms with Crippen LogP contribution >= 0.6 is 0 Å². The first-order valence-corrected chi connectivity index (χ1v) is 6.51. The van der Waals surface area contributed by atoms with Crippen LogP contribution in [0.5, 0.6) is 11.5 Å². The number of alkyl halides is 2. The van der Waals surface area contributed by atoms with Crippen LogP contribution in [0.25, 0.3) is 0 Å². The Bertz CT molecular complexity index is 587. The number of hydrogen-bond donors (Lipinski definition) is 1. The van der Waals surface area contributed by atoms with E-state index in [1.165, 1.54) is 13.2 Å². The third kappa shape index (κ3) is 3.84. The predicted molar refractivity (Wildman–Crippen MR) is 74.9 cm³/mol. The highest BCUT2D eigenvalue weighted by atomic mass is 19.3. The number of anilines is 1. The molecule has 0 fully saturated rings. The minimum absolute atomic E-state index is 0.00139. The summed E-state index contributed by atoms with van der Waals surface area (Å²) >= 11 is 0. The smallest absolute Gasteiger partial charge is 0.387 e. The van der Waals surface area contributed by atoms with Crippen molar-refractivity contribution in [2.45, 2.75) is 26.6 Å². The van der Waals surface area contributed by atoms with Crippen molar-refractivity contribution in [2.24, 2.45) is 0 Å². The van der Waals surface area contributed by atoms with Crippen molar-refractivity contribution in [3.63, 3.8) is 0 Å². The standard InChI is InChI=1S/C14H17F2N3O2/c1-3-19-11(6-7-18-19)9-17-10-4-5-12(20-2)13(8-10)21-14(15)16/h4-8,14,17H,3,9H2,1-2H3. The van der Waals surface area contributed by atoms with Gasteiger partial charge in [-0.1, -0.05) is 0 Å². The number of nitrogens with zero attached hydrogens (tertiary/aromatic N) is 2. The Hall–Kier alpha value is -2.31. The summed E-state index contributed by atoms with van der Waals surface area (Å²) in [6.45, 7) is 0.412. The molecule has 0 amide bonds. The van der Waals surface area contributed by atoms with Gasteiger partial charge in [0.25, 0.3) is 0 Å². The Labute approximate surface area is 121 Å². The van der Waals surface area contributed by atoms with Crippen LogP contribution in [-0.2, 0) is 13.1 Å². The van der Waals surface area contributed by atoms with Crippen molar-refractivity contribution in [2.75, 3.05) is 12.4 Å². The SMILES string of the molecule is CCn1nccc1CNc1ccc(OC)c(OC(F)F)c1. The van der Waals surface area contributed by atoms with Gasteiger partial charge in [-0.2, -0.15) is 13.9 Å². The zero-order valence-corrected chi connectivity index (χ0v) is 11.8. The first-order chi connectivity index (χ1) is 10.1. The zero-order valence-electron chi connectivity index (χ0n) is 11.8. The molecule has 0 aliphatic carbocycles. The van der Waals surface area contributed by atoms with Crippen LogP contribution in [0.2, 0.25) is 0 Å². The van der Waals surface area contributed by atoms with Crippen LogP contribution in [0.3, 0.4) is 0 Å². The summed E-state index contributed by atoms with van der Waals surface area (Å²) in [5.41, 5.74) is 1.67. The number of benzene rings is 1. The Morgan fingerprint density at radius 2 is 2.10 bits per heavy atom. The van der Waals surface area contributed by atoms with Crippen molar-refractivity contribution in [3.8, 4) is 11.5 Å². The summed E-state index contributed by atoms with van der Waals surface area (Å²) in [6.07, 6.45) is 1.72. The number of aryl methyl sites for hydroxylation is 1. The van der Waals surface area contributed by atoms with E-state index >= 15 is 0 Å². The van der Waals surface area contributed by atoms with E-state index in [1.54, 1.807) is 18.3 Å². The second-order valence-electron chi connectivity index (χ2n) is 4.24. The number of nitrogens with one attached hydrogen (secondary N) is 1. The van der Waals surface area contributed by atoms with Crippen LogP contribution < -0.4 is 14.8 Å². The van der Waals surface area contributed by atoms with Crippen LogP contribution in [0.4, 0.5) is 14.5 Å². The normalized spacial score (nSPS) is 10.7. The molecule has 0 aliphatic rings. The largest absolute Gasteiger partial charge is 0.493 e. The lowest BCUT2D eigenvalue weighted by Gasteiger charge is -2.13. The number of halogens is 2. The molecular weight excluding hydrogens is 280 g/mol. The molecular formula is C14H17F2N3O2. The molecule has 0 unspecified atom stereocenters. The Morgan fingerprint density at radius 3 is 2.76 bits per heavy atom. The monoisotopic (exact) mass is 297 g/mol. The maximum absolute atomic E-state index is 12.4. The second-order valence-corrected chi connectivity index (χ2v) is 4.24. The van der Waals surface area contributed by atoms with Gasteiger partial charge >= 0.3 is 6.61 Å². The molecule has 2 rings (SSSR count). The number of rotatable bonds is 7. The van der Waals surface area contributed by atoms with Crippen LogP contribution in [0.15, 0.2) is 30.5 Å². The molecule has 0 atom stereocenters. The maximum Gasteiger partial charge on any atom is 0.387 e. The Kier molecular flexibility index (Phi) is 4.97. The molecule has 21 heavy (non-hydrogen) atoms. The molecule has 0 bridgehead atoms. The van der Waals surface area contributed by atoms with Gasteiger partial charge in [0.15, 0.2) is 11.5 Å². The first-order valence-electron chi connectivity index (χ1n) is 6.51. The number of aromatic nitrogens is 2. The van der Waals surface area contributed by atoms with Gasteiger partial charge in [-0.15, -0.1) is 0 Å². The van der Waals surface area contributed by atoms with Gasteiger partial charge in [0.1, 0.15) is 0 Å². The van der Waals surface area contributed by atoms with Gasteiger partial charge in [0, 0.05) is 24.5 Å². The topological polar surface area (TPSA) is 48.3 Å². The highest BCUT2D eigenvalue weighted by Gasteiger charge is 2.11. The van der Waals surface area contributed by atoms with Crippen molar-refractivity contribution >= 4 is 5.69 Å². The Morgan fingerprint density at radius 1 is 1.29 bits per heavy atom. The molecule has 7 heteroatoms. The zero-order chi connectivity index (χ0) is 15.2. The second kappa shape index (κ2) is 6.92. The van der Waals surface area contributed by atoms with Gasteiger partial charge in [-0.3, -0.25) is 4.68 Å². The molecule has 5 nitrogen and oxygen atoms in total. The number of ether oxygens (including phenoxy) is 2. The summed E-state index contributed by atoms with van der Waals surface area (Å²) in [5.74, 6) is 0.265. The van der Waals surface area contributed by atoms with Gasteiger partial charge < -0.3 is 14.8 Å². The lowest BCUT2D eigenvalue weighted by atomic mass is 10.2. The van der Waals surface area contributed by atoms with Gasteiger partial charge in [-0.05, 0) is 25.1 Å². The minimum atomic E-state index is -2.89. The fourth-order valence-electron chi connectivity index (χ4n) is 1.96. The number of methoxy groups -OCH3 is 1. The molecule has 2 aromatic rings. The van der Waals surface area contributed by atoms with Gasteiger partial charge in [0.05, 0.1) is 19.3 Å². The molecule has 1 aromatic carbocycles. The van der Waals surface area contributed by atoms with E-state index in [4.69, 9.17) is 4.74 Å². The van der Waals surface area contributed by atoms with Crippen molar-refractivity contribution in [1.29, 1.82) is 0 Å². The Balaban J connectivity index is 2.09. The molecule has 0 radical (unpaired) electrons. The average Bonchev–Trinajstić information content (AvgIpc) is 2.92. The highest BCUT2D eigenvalue weighted by molar-refractivity contribution is 5.54. The number of hydrogen-bond acceptors (Lipinski definition) is 4. The van der Waals surface area contributed by atoms with Crippen LogP contribution in [0.1, 0.15) is 12.6 Å².